The average molecular weight is 346 g/mol. The van der Waals surface area contributed by atoms with Crippen molar-refractivity contribution < 1.29 is 4.74 Å². The Bertz CT molecular complexity index is 1050. The predicted octanol–water partition coefficient (Wildman–Crippen LogP) is 3.80. The number of rotatable bonds is 4. The normalized spacial score (nSPS) is 10.2. The van der Waals surface area contributed by atoms with Gasteiger partial charge in [-0.25, -0.2) is 0 Å². The van der Waals surface area contributed by atoms with Crippen molar-refractivity contribution in [2.24, 2.45) is 7.05 Å². The number of hydrogen-bond acceptors (Lipinski definition) is 5. The number of ether oxygens (including phenoxy) is 1. The molecule has 3 rings (SSSR count). The molecule has 0 aliphatic heterocycles. The quantitative estimate of drug-likeness (QED) is 0.777. The molecule has 2 aromatic carbocycles. The standard InChI is InChI=1S/C20H18N4O2/c1-13-6-4-5-7-17(13)26-19-14(2)24(3)20(25)18(23-19)22-16-10-8-15(12-21)9-11-16/h4-11H,1-3H3,(H,22,23). The van der Waals surface area contributed by atoms with Crippen LogP contribution in [-0.2, 0) is 7.05 Å². The lowest BCUT2D eigenvalue weighted by Crippen LogP contribution is -2.24. The van der Waals surface area contributed by atoms with Crippen LogP contribution in [0, 0.1) is 25.2 Å². The SMILES string of the molecule is Cc1ccccc1Oc1nc(Nc2ccc(C#N)cc2)c(=O)n(C)c1C. The number of para-hydroxylation sites is 1. The van der Waals surface area contributed by atoms with E-state index < -0.39 is 0 Å². The first-order chi connectivity index (χ1) is 12.5. The highest BCUT2D eigenvalue weighted by Crippen LogP contribution is 2.26. The summed E-state index contributed by atoms with van der Waals surface area (Å²) in [5.41, 5.74) is 2.56. The minimum absolute atomic E-state index is 0.159. The second kappa shape index (κ2) is 7.11. The molecule has 0 atom stereocenters. The fourth-order valence-electron chi connectivity index (χ4n) is 2.40. The second-order valence-corrected chi connectivity index (χ2v) is 5.90. The second-order valence-electron chi connectivity index (χ2n) is 5.90. The Labute approximate surface area is 151 Å². The maximum Gasteiger partial charge on any atom is 0.293 e. The van der Waals surface area contributed by atoms with Crippen LogP contribution in [-0.4, -0.2) is 9.55 Å². The van der Waals surface area contributed by atoms with Crippen LogP contribution in [0.1, 0.15) is 16.8 Å². The summed E-state index contributed by atoms with van der Waals surface area (Å²) in [5.74, 6) is 1.20. The Morgan fingerprint density at radius 2 is 1.81 bits per heavy atom. The number of aromatic nitrogens is 2. The number of nitrogens with one attached hydrogen (secondary N) is 1. The highest BCUT2D eigenvalue weighted by Gasteiger charge is 2.14. The van der Waals surface area contributed by atoms with E-state index in [-0.39, 0.29) is 11.4 Å². The summed E-state index contributed by atoms with van der Waals surface area (Å²) in [7, 11) is 1.67. The molecule has 0 radical (unpaired) electrons. The van der Waals surface area contributed by atoms with Crippen LogP contribution in [0.2, 0.25) is 0 Å². The zero-order valence-corrected chi connectivity index (χ0v) is 14.8. The molecule has 0 spiro atoms. The van der Waals surface area contributed by atoms with Gasteiger partial charge in [-0.15, -0.1) is 0 Å². The van der Waals surface area contributed by atoms with E-state index in [1.165, 1.54) is 4.57 Å². The molecular formula is C20H18N4O2. The molecule has 130 valence electrons. The molecule has 6 nitrogen and oxygen atoms in total. The molecule has 26 heavy (non-hydrogen) atoms. The van der Waals surface area contributed by atoms with Gasteiger partial charge in [0, 0.05) is 12.7 Å². The molecular weight excluding hydrogens is 328 g/mol. The third kappa shape index (κ3) is 3.42. The largest absolute Gasteiger partial charge is 0.437 e. The van der Waals surface area contributed by atoms with Crippen LogP contribution in [0.25, 0.3) is 0 Å². The summed E-state index contributed by atoms with van der Waals surface area (Å²) in [4.78, 5) is 16.9. The van der Waals surface area contributed by atoms with Gasteiger partial charge in [0.25, 0.3) is 5.56 Å². The van der Waals surface area contributed by atoms with Crippen LogP contribution in [0.4, 0.5) is 11.5 Å². The van der Waals surface area contributed by atoms with Crippen molar-refractivity contribution in [1.29, 1.82) is 5.26 Å². The number of nitriles is 1. The molecule has 0 saturated carbocycles. The van der Waals surface area contributed by atoms with Crippen molar-refractivity contribution in [1.82, 2.24) is 9.55 Å². The molecule has 0 bridgehead atoms. The first kappa shape index (κ1) is 17.2. The van der Waals surface area contributed by atoms with E-state index in [2.05, 4.69) is 16.4 Å². The van der Waals surface area contributed by atoms with Crippen LogP contribution in [0.5, 0.6) is 11.6 Å². The Morgan fingerprint density at radius 3 is 2.46 bits per heavy atom. The van der Waals surface area contributed by atoms with Gasteiger partial charge in [-0.3, -0.25) is 4.79 Å². The Morgan fingerprint density at radius 1 is 1.12 bits per heavy atom. The summed E-state index contributed by atoms with van der Waals surface area (Å²) in [6, 6.07) is 16.5. The van der Waals surface area contributed by atoms with Gasteiger partial charge in [0.15, 0.2) is 0 Å². The molecule has 1 heterocycles. The monoisotopic (exact) mass is 346 g/mol. The fourth-order valence-corrected chi connectivity index (χ4v) is 2.40. The van der Waals surface area contributed by atoms with Gasteiger partial charge in [-0.05, 0) is 49.7 Å². The topological polar surface area (TPSA) is 79.9 Å². The molecule has 6 heteroatoms. The summed E-state index contributed by atoms with van der Waals surface area (Å²) in [6.07, 6.45) is 0. The summed E-state index contributed by atoms with van der Waals surface area (Å²) in [6.45, 7) is 3.73. The minimum atomic E-state index is -0.260. The van der Waals surface area contributed by atoms with E-state index in [1.54, 1.807) is 38.2 Å². The first-order valence-electron chi connectivity index (χ1n) is 8.08. The molecule has 0 saturated heterocycles. The van der Waals surface area contributed by atoms with E-state index in [1.807, 2.05) is 31.2 Å². The lowest BCUT2D eigenvalue weighted by atomic mass is 10.2. The zero-order valence-electron chi connectivity index (χ0n) is 14.8. The minimum Gasteiger partial charge on any atom is -0.437 e. The van der Waals surface area contributed by atoms with E-state index >= 15 is 0 Å². The van der Waals surface area contributed by atoms with Crippen molar-refractivity contribution >= 4 is 11.5 Å². The van der Waals surface area contributed by atoms with Gasteiger partial charge >= 0.3 is 0 Å². The van der Waals surface area contributed by atoms with E-state index in [0.717, 1.165) is 5.56 Å². The zero-order chi connectivity index (χ0) is 18.7. The van der Waals surface area contributed by atoms with Crippen molar-refractivity contribution in [2.45, 2.75) is 13.8 Å². The third-order valence-electron chi connectivity index (χ3n) is 4.11. The Kier molecular flexibility index (Phi) is 4.72. The Hall–Kier alpha value is -3.59. The predicted molar refractivity (Wildman–Crippen MR) is 99.9 cm³/mol. The molecule has 0 aliphatic rings. The molecule has 3 aromatic rings. The van der Waals surface area contributed by atoms with Crippen LogP contribution >= 0.6 is 0 Å². The maximum absolute atomic E-state index is 12.5. The summed E-state index contributed by atoms with van der Waals surface area (Å²) >= 11 is 0. The van der Waals surface area contributed by atoms with Crippen LogP contribution in [0.15, 0.2) is 53.3 Å². The van der Waals surface area contributed by atoms with E-state index in [4.69, 9.17) is 10.00 Å². The van der Waals surface area contributed by atoms with Crippen LogP contribution in [0.3, 0.4) is 0 Å². The molecule has 1 N–H and O–H groups in total. The molecule has 1 aromatic heterocycles. The van der Waals surface area contributed by atoms with Gasteiger partial charge in [-0.1, -0.05) is 18.2 Å². The molecule has 0 unspecified atom stereocenters. The van der Waals surface area contributed by atoms with Crippen molar-refractivity contribution in [3.8, 4) is 17.7 Å². The lowest BCUT2D eigenvalue weighted by Gasteiger charge is -2.14. The number of anilines is 2. The number of benzene rings is 2. The van der Waals surface area contributed by atoms with Crippen molar-refractivity contribution in [3.05, 3.63) is 75.7 Å². The van der Waals surface area contributed by atoms with Gasteiger partial charge in [0.05, 0.1) is 17.3 Å². The molecule has 0 aliphatic carbocycles. The lowest BCUT2D eigenvalue weighted by molar-refractivity contribution is 0.446. The number of hydrogen-bond donors (Lipinski definition) is 1. The Balaban J connectivity index is 1.98. The highest BCUT2D eigenvalue weighted by molar-refractivity contribution is 5.57. The van der Waals surface area contributed by atoms with Gasteiger partial charge in [0.2, 0.25) is 11.7 Å². The number of aryl methyl sites for hydroxylation is 1. The van der Waals surface area contributed by atoms with Crippen molar-refractivity contribution in [3.63, 3.8) is 0 Å². The first-order valence-corrected chi connectivity index (χ1v) is 8.08. The van der Waals surface area contributed by atoms with Gasteiger partial charge in [-0.2, -0.15) is 10.2 Å². The van der Waals surface area contributed by atoms with Crippen molar-refractivity contribution in [2.75, 3.05) is 5.32 Å². The average Bonchev–Trinajstić information content (AvgIpc) is 2.66. The molecule has 0 amide bonds. The highest BCUT2D eigenvalue weighted by atomic mass is 16.5. The summed E-state index contributed by atoms with van der Waals surface area (Å²) in [5, 5.41) is 11.9. The summed E-state index contributed by atoms with van der Waals surface area (Å²) < 4.78 is 7.43. The third-order valence-corrected chi connectivity index (χ3v) is 4.11. The van der Waals surface area contributed by atoms with Crippen LogP contribution < -0.4 is 15.6 Å². The smallest absolute Gasteiger partial charge is 0.293 e. The van der Waals surface area contributed by atoms with E-state index in [0.29, 0.717) is 28.6 Å². The molecule has 0 fully saturated rings. The van der Waals surface area contributed by atoms with Gasteiger partial charge < -0.3 is 14.6 Å². The maximum atomic E-state index is 12.5. The fraction of sp³-hybridized carbons (Fsp3) is 0.150. The van der Waals surface area contributed by atoms with Gasteiger partial charge in [0.1, 0.15) is 5.75 Å². The van der Waals surface area contributed by atoms with E-state index in [9.17, 15) is 4.79 Å². The number of nitrogens with zero attached hydrogens (tertiary/aromatic N) is 3.